The first-order valence-electron chi connectivity index (χ1n) is 6.11. The van der Waals surface area contributed by atoms with Gasteiger partial charge < -0.3 is 0 Å². The maximum absolute atomic E-state index is 13.5. The van der Waals surface area contributed by atoms with Gasteiger partial charge in [-0.05, 0) is 67.6 Å². The van der Waals surface area contributed by atoms with Gasteiger partial charge in [-0.3, -0.25) is 0 Å². The number of hydrogen-bond acceptors (Lipinski definition) is 0. The van der Waals surface area contributed by atoms with Gasteiger partial charge in [0.2, 0.25) is 0 Å². The van der Waals surface area contributed by atoms with E-state index in [4.69, 9.17) is 0 Å². The van der Waals surface area contributed by atoms with E-state index in [9.17, 15) is 8.78 Å². The molecular formula is C14H16F2. The van der Waals surface area contributed by atoms with Crippen molar-refractivity contribution >= 4 is 0 Å². The molecule has 1 aromatic carbocycles. The lowest BCUT2D eigenvalue weighted by molar-refractivity contribution is 0.418. The van der Waals surface area contributed by atoms with Gasteiger partial charge in [-0.15, -0.1) is 0 Å². The molecule has 0 aromatic heterocycles. The van der Waals surface area contributed by atoms with Gasteiger partial charge in [0.15, 0.2) is 11.6 Å². The lowest BCUT2D eigenvalue weighted by Crippen LogP contribution is -2.09. The largest absolute Gasteiger partial charge is 0.204 e. The molecule has 0 spiro atoms. The standard InChI is InChI=1S/C14H16F2/c1-8-12(4-5-13(15)14(8)16)10-3-2-9-6-11(9)7-10/h4-5,9-11H,2-3,6-7H2,1H3. The number of rotatable bonds is 1. The highest BCUT2D eigenvalue weighted by Gasteiger charge is 2.42. The topological polar surface area (TPSA) is 0 Å². The zero-order chi connectivity index (χ0) is 11.3. The van der Waals surface area contributed by atoms with E-state index in [1.165, 1.54) is 25.3 Å². The molecule has 2 aliphatic rings. The third kappa shape index (κ3) is 1.55. The Balaban J connectivity index is 1.90. The van der Waals surface area contributed by atoms with Crippen molar-refractivity contribution in [1.29, 1.82) is 0 Å². The molecule has 16 heavy (non-hydrogen) atoms. The Kier molecular flexibility index (Phi) is 2.27. The second-order valence-electron chi connectivity index (χ2n) is 5.34. The summed E-state index contributed by atoms with van der Waals surface area (Å²) < 4.78 is 26.5. The van der Waals surface area contributed by atoms with Crippen molar-refractivity contribution in [3.8, 4) is 0 Å². The van der Waals surface area contributed by atoms with Crippen LogP contribution in [0.3, 0.4) is 0 Å². The first-order chi connectivity index (χ1) is 7.66. The molecule has 3 rings (SSSR count). The molecule has 0 N–H and O–H groups in total. The van der Waals surface area contributed by atoms with Crippen LogP contribution in [0.25, 0.3) is 0 Å². The first kappa shape index (κ1) is 10.2. The van der Waals surface area contributed by atoms with Crippen molar-refractivity contribution < 1.29 is 8.78 Å². The molecule has 2 aliphatic carbocycles. The van der Waals surface area contributed by atoms with Crippen LogP contribution in [-0.2, 0) is 0 Å². The van der Waals surface area contributed by atoms with E-state index in [-0.39, 0.29) is 0 Å². The molecule has 3 unspecified atom stereocenters. The Morgan fingerprint density at radius 3 is 2.62 bits per heavy atom. The van der Waals surface area contributed by atoms with E-state index < -0.39 is 11.6 Å². The van der Waals surface area contributed by atoms with Crippen molar-refractivity contribution in [3.05, 3.63) is 34.9 Å². The van der Waals surface area contributed by atoms with Crippen molar-refractivity contribution in [3.63, 3.8) is 0 Å². The van der Waals surface area contributed by atoms with E-state index in [1.54, 1.807) is 13.0 Å². The number of benzene rings is 1. The molecule has 1 aromatic rings. The van der Waals surface area contributed by atoms with Crippen LogP contribution in [0.5, 0.6) is 0 Å². The molecule has 86 valence electrons. The minimum absolute atomic E-state index is 0.457. The lowest BCUT2D eigenvalue weighted by Gasteiger charge is -2.23. The molecule has 0 nitrogen and oxygen atoms in total. The third-order valence-electron chi connectivity index (χ3n) is 4.36. The fourth-order valence-electron chi connectivity index (χ4n) is 3.24. The summed E-state index contributed by atoms with van der Waals surface area (Å²) in [5.74, 6) is 0.892. The summed E-state index contributed by atoms with van der Waals surface area (Å²) in [6.07, 6.45) is 4.96. The van der Waals surface area contributed by atoms with Crippen LogP contribution in [0.15, 0.2) is 12.1 Å². The molecule has 0 saturated heterocycles. The van der Waals surface area contributed by atoms with Crippen LogP contribution in [0.2, 0.25) is 0 Å². The molecule has 2 fully saturated rings. The van der Waals surface area contributed by atoms with E-state index >= 15 is 0 Å². The van der Waals surface area contributed by atoms with Crippen LogP contribution >= 0.6 is 0 Å². The van der Waals surface area contributed by atoms with Gasteiger partial charge >= 0.3 is 0 Å². The monoisotopic (exact) mass is 222 g/mol. The Morgan fingerprint density at radius 1 is 1.06 bits per heavy atom. The first-order valence-corrected chi connectivity index (χ1v) is 6.11. The Morgan fingerprint density at radius 2 is 1.88 bits per heavy atom. The van der Waals surface area contributed by atoms with Gasteiger partial charge in [-0.2, -0.15) is 0 Å². The van der Waals surface area contributed by atoms with Gasteiger partial charge in [0.05, 0.1) is 0 Å². The van der Waals surface area contributed by atoms with Crippen LogP contribution in [0.1, 0.15) is 42.7 Å². The molecule has 3 atom stereocenters. The highest BCUT2D eigenvalue weighted by Crippen LogP contribution is 2.54. The Hall–Kier alpha value is -0.920. The van der Waals surface area contributed by atoms with Crippen molar-refractivity contribution in [2.45, 2.75) is 38.5 Å². The molecule has 0 heterocycles. The number of fused-ring (bicyclic) bond motifs is 1. The van der Waals surface area contributed by atoms with Crippen molar-refractivity contribution in [2.24, 2.45) is 11.8 Å². The second kappa shape index (κ2) is 3.54. The average Bonchev–Trinajstić information content (AvgIpc) is 3.04. The van der Waals surface area contributed by atoms with E-state index in [1.807, 2.05) is 0 Å². The maximum Gasteiger partial charge on any atom is 0.162 e. The molecule has 0 amide bonds. The lowest BCUT2D eigenvalue weighted by atomic mass is 9.82. The summed E-state index contributed by atoms with van der Waals surface area (Å²) in [6.45, 7) is 1.70. The SMILES string of the molecule is Cc1c(C2CCC3CC3C2)ccc(F)c1F. The van der Waals surface area contributed by atoms with E-state index in [0.29, 0.717) is 11.5 Å². The smallest absolute Gasteiger partial charge is 0.162 e. The van der Waals surface area contributed by atoms with Crippen molar-refractivity contribution in [1.82, 2.24) is 0 Å². The van der Waals surface area contributed by atoms with Crippen molar-refractivity contribution in [2.75, 3.05) is 0 Å². The second-order valence-corrected chi connectivity index (χ2v) is 5.34. The zero-order valence-electron chi connectivity index (χ0n) is 9.47. The van der Waals surface area contributed by atoms with Gasteiger partial charge in [0, 0.05) is 0 Å². The predicted octanol–water partition coefficient (Wildman–Crippen LogP) is 4.18. The molecule has 0 bridgehead atoms. The van der Waals surface area contributed by atoms with Gasteiger partial charge in [0.25, 0.3) is 0 Å². The number of hydrogen-bond donors (Lipinski definition) is 0. The van der Waals surface area contributed by atoms with Gasteiger partial charge in [-0.25, -0.2) is 8.78 Å². The normalized spacial score (nSPS) is 32.3. The van der Waals surface area contributed by atoms with E-state index in [2.05, 4.69) is 0 Å². The quantitative estimate of drug-likeness (QED) is 0.668. The van der Waals surface area contributed by atoms with Crippen LogP contribution < -0.4 is 0 Å². The zero-order valence-corrected chi connectivity index (χ0v) is 9.47. The van der Waals surface area contributed by atoms with E-state index in [0.717, 1.165) is 23.8 Å². The average molecular weight is 222 g/mol. The number of halogens is 2. The predicted molar refractivity (Wildman–Crippen MR) is 59.3 cm³/mol. The summed E-state index contributed by atoms with van der Waals surface area (Å²) in [5, 5.41) is 0. The fraction of sp³-hybridized carbons (Fsp3) is 0.571. The summed E-state index contributed by atoms with van der Waals surface area (Å²) >= 11 is 0. The maximum atomic E-state index is 13.5. The molecule has 2 heteroatoms. The minimum atomic E-state index is -0.721. The molecule has 2 saturated carbocycles. The van der Waals surface area contributed by atoms with Crippen LogP contribution in [-0.4, -0.2) is 0 Å². The molecular weight excluding hydrogens is 206 g/mol. The summed E-state index contributed by atoms with van der Waals surface area (Å²) in [7, 11) is 0. The minimum Gasteiger partial charge on any atom is -0.204 e. The molecule has 0 aliphatic heterocycles. The fourth-order valence-corrected chi connectivity index (χ4v) is 3.24. The summed E-state index contributed by atoms with van der Waals surface area (Å²) in [5.41, 5.74) is 1.55. The van der Waals surface area contributed by atoms with Gasteiger partial charge in [-0.1, -0.05) is 6.07 Å². The summed E-state index contributed by atoms with van der Waals surface area (Å²) in [4.78, 5) is 0. The third-order valence-corrected chi connectivity index (χ3v) is 4.36. The Labute approximate surface area is 94.7 Å². The van der Waals surface area contributed by atoms with Crippen LogP contribution in [0.4, 0.5) is 8.78 Å². The highest BCUT2D eigenvalue weighted by atomic mass is 19.2. The summed E-state index contributed by atoms with van der Waals surface area (Å²) in [6, 6.07) is 3.05. The molecule has 0 radical (unpaired) electrons. The van der Waals surface area contributed by atoms with Gasteiger partial charge in [0.1, 0.15) is 0 Å². The highest BCUT2D eigenvalue weighted by molar-refractivity contribution is 5.32. The Bertz CT molecular complexity index is 425. The van der Waals surface area contributed by atoms with Crippen LogP contribution in [0, 0.1) is 30.4 Å².